The van der Waals surface area contributed by atoms with Crippen LogP contribution in [0.5, 0.6) is 0 Å². The molecule has 0 bridgehead atoms. The van der Waals surface area contributed by atoms with Crippen molar-refractivity contribution in [2.75, 3.05) is 20.2 Å². The van der Waals surface area contributed by atoms with Gasteiger partial charge in [-0.1, -0.05) is 0 Å². The Morgan fingerprint density at radius 3 is 2.86 bits per heavy atom. The average Bonchev–Trinajstić information content (AvgIpc) is 2.88. The van der Waals surface area contributed by atoms with E-state index in [1.165, 1.54) is 0 Å². The lowest BCUT2D eigenvalue weighted by atomic mass is 10.4. The van der Waals surface area contributed by atoms with Gasteiger partial charge in [0, 0.05) is 19.0 Å². The topological polar surface area (TPSA) is 50.4 Å². The van der Waals surface area contributed by atoms with Crippen LogP contribution >= 0.6 is 0 Å². The summed E-state index contributed by atoms with van der Waals surface area (Å²) in [7, 11) is 1.89. The number of carbonyl (C=O) groups is 1. The first-order chi connectivity index (χ1) is 6.72. The van der Waals surface area contributed by atoms with Crippen LogP contribution in [-0.2, 0) is 9.53 Å². The van der Waals surface area contributed by atoms with Crippen molar-refractivity contribution < 1.29 is 9.53 Å². The number of likely N-dealkylation sites (N-methyl/N-ethyl adjacent to an activating group) is 1. The molecule has 1 fully saturated rings. The van der Waals surface area contributed by atoms with E-state index in [1.54, 1.807) is 0 Å². The quantitative estimate of drug-likeness (QED) is 0.620. The zero-order valence-electron chi connectivity index (χ0n) is 9.01. The van der Waals surface area contributed by atoms with Crippen molar-refractivity contribution in [1.82, 2.24) is 10.6 Å². The Morgan fingerprint density at radius 2 is 2.29 bits per heavy atom. The molecule has 1 saturated carbocycles. The lowest BCUT2D eigenvalue weighted by molar-refractivity contribution is -0.122. The van der Waals surface area contributed by atoms with E-state index in [-0.39, 0.29) is 12.0 Å². The van der Waals surface area contributed by atoms with Gasteiger partial charge in [0.1, 0.15) is 0 Å². The maximum atomic E-state index is 11.2. The molecule has 14 heavy (non-hydrogen) atoms. The van der Waals surface area contributed by atoms with E-state index in [4.69, 9.17) is 4.74 Å². The van der Waals surface area contributed by atoms with Gasteiger partial charge in [-0.05, 0) is 26.8 Å². The predicted molar refractivity (Wildman–Crippen MR) is 55.1 cm³/mol. The van der Waals surface area contributed by atoms with Gasteiger partial charge < -0.3 is 15.4 Å². The summed E-state index contributed by atoms with van der Waals surface area (Å²) in [4.78, 5) is 11.2. The fraction of sp³-hybridized carbons (Fsp3) is 0.900. The molecule has 82 valence electrons. The second kappa shape index (κ2) is 5.98. The Kier molecular flexibility index (Phi) is 4.90. The molecule has 0 aromatic rings. The summed E-state index contributed by atoms with van der Waals surface area (Å²) in [5, 5.41) is 5.95. The summed E-state index contributed by atoms with van der Waals surface area (Å²) in [6, 6.07) is 0.456. The molecule has 1 aliphatic rings. The van der Waals surface area contributed by atoms with Crippen molar-refractivity contribution >= 4 is 5.91 Å². The second-order valence-corrected chi connectivity index (χ2v) is 3.83. The molecule has 0 aromatic heterocycles. The van der Waals surface area contributed by atoms with E-state index in [0.717, 1.165) is 19.4 Å². The van der Waals surface area contributed by atoms with Gasteiger partial charge in [-0.15, -0.1) is 0 Å². The first kappa shape index (κ1) is 11.5. The van der Waals surface area contributed by atoms with Gasteiger partial charge in [0.2, 0.25) is 5.91 Å². The SMILES string of the molecule is CNCC(C)OCCC(=O)NC1CC1. The number of ether oxygens (including phenoxy) is 1. The van der Waals surface area contributed by atoms with Crippen molar-refractivity contribution in [2.24, 2.45) is 0 Å². The minimum absolute atomic E-state index is 0.115. The summed E-state index contributed by atoms with van der Waals surface area (Å²) in [5.74, 6) is 0.115. The normalized spacial score (nSPS) is 17.9. The molecule has 1 aliphatic carbocycles. The molecule has 1 amide bonds. The standard InChI is InChI=1S/C10H20N2O2/c1-8(7-11-2)14-6-5-10(13)12-9-3-4-9/h8-9,11H,3-7H2,1-2H3,(H,12,13). The first-order valence-electron chi connectivity index (χ1n) is 5.28. The van der Waals surface area contributed by atoms with Crippen LogP contribution in [0, 0.1) is 0 Å². The van der Waals surface area contributed by atoms with Crippen molar-refractivity contribution in [3.05, 3.63) is 0 Å². The Labute approximate surface area is 85.4 Å². The number of nitrogens with one attached hydrogen (secondary N) is 2. The molecule has 1 atom stereocenters. The second-order valence-electron chi connectivity index (χ2n) is 3.83. The van der Waals surface area contributed by atoms with Gasteiger partial charge in [0.05, 0.1) is 12.7 Å². The van der Waals surface area contributed by atoms with E-state index in [1.807, 2.05) is 14.0 Å². The maximum Gasteiger partial charge on any atom is 0.222 e. The van der Waals surface area contributed by atoms with Crippen LogP contribution < -0.4 is 10.6 Å². The van der Waals surface area contributed by atoms with Crippen LogP contribution in [-0.4, -0.2) is 38.3 Å². The highest BCUT2D eigenvalue weighted by atomic mass is 16.5. The summed E-state index contributed by atoms with van der Waals surface area (Å²) < 4.78 is 5.43. The van der Waals surface area contributed by atoms with Crippen LogP contribution in [0.15, 0.2) is 0 Å². The van der Waals surface area contributed by atoms with Gasteiger partial charge in [-0.2, -0.15) is 0 Å². The molecule has 4 nitrogen and oxygen atoms in total. The Hall–Kier alpha value is -0.610. The zero-order valence-corrected chi connectivity index (χ0v) is 9.01. The van der Waals surface area contributed by atoms with E-state index in [0.29, 0.717) is 19.1 Å². The molecule has 0 saturated heterocycles. The molecular formula is C10H20N2O2. The van der Waals surface area contributed by atoms with Gasteiger partial charge in [-0.3, -0.25) is 4.79 Å². The first-order valence-corrected chi connectivity index (χ1v) is 5.28. The number of rotatable bonds is 7. The van der Waals surface area contributed by atoms with Crippen LogP contribution in [0.25, 0.3) is 0 Å². The van der Waals surface area contributed by atoms with Crippen LogP contribution in [0.2, 0.25) is 0 Å². The van der Waals surface area contributed by atoms with Crippen molar-refractivity contribution in [3.63, 3.8) is 0 Å². The number of hydrogen-bond acceptors (Lipinski definition) is 3. The zero-order chi connectivity index (χ0) is 10.4. The minimum atomic E-state index is 0.115. The summed E-state index contributed by atoms with van der Waals surface area (Å²) in [5.41, 5.74) is 0. The van der Waals surface area contributed by atoms with Gasteiger partial charge in [0.25, 0.3) is 0 Å². The molecule has 1 rings (SSSR count). The lowest BCUT2D eigenvalue weighted by Gasteiger charge is -2.11. The van der Waals surface area contributed by atoms with Crippen molar-refractivity contribution in [2.45, 2.75) is 38.3 Å². The monoisotopic (exact) mass is 200 g/mol. The number of carbonyl (C=O) groups excluding carboxylic acids is 1. The Bertz CT molecular complexity index is 181. The highest BCUT2D eigenvalue weighted by Crippen LogP contribution is 2.18. The van der Waals surface area contributed by atoms with Crippen LogP contribution in [0.4, 0.5) is 0 Å². The van der Waals surface area contributed by atoms with Crippen molar-refractivity contribution in [3.8, 4) is 0 Å². The summed E-state index contributed by atoms with van der Waals surface area (Å²) >= 11 is 0. The van der Waals surface area contributed by atoms with Crippen molar-refractivity contribution in [1.29, 1.82) is 0 Å². The number of hydrogen-bond donors (Lipinski definition) is 2. The fourth-order valence-electron chi connectivity index (χ4n) is 1.23. The highest BCUT2D eigenvalue weighted by Gasteiger charge is 2.22. The lowest BCUT2D eigenvalue weighted by Crippen LogP contribution is -2.28. The third-order valence-corrected chi connectivity index (χ3v) is 2.17. The molecule has 1 unspecified atom stereocenters. The summed E-state index contributed by atoms with van der Waals surface area (Å²) in [6.45, 7) is 3.33. The molecule has 4 heteroatoms. The smallest absolute Gasteiger partial charge is 0.222 e. The fourth-order valence-corrected chi connectivity index (χ4v) is 1.23. The van der Waals surface area contributed by atoms with Crippen LogP contribution in [0.1, 0.15) is 26.2 Å². The molecule has 0 heterocycles. The Morgan fingerprint density at radius 1 is 1.57 bits per heavy atom. The predicted octanol–water partition coefficient (Wildman–Crippen LogP) is 0.280. The molecule has 2 N–H and O–H groups in total. The van der Waals surface area contributed by atoms with E-state index in [2.05, 4.69) is 10.6 Å². The van der Waals surface area contributed by atoms with E-state index >= 15 is 0 Å². The molecule has 0 aliphatic heterocycles. The Balaban J connectivity index is 1.93. The number of amides is 1. The third kappa shape index (κ3) is 5.19. The largest absolute Gasteiger partial charge is 0.377 e. The van der Waals surface area contributed by atoms with Gasteiger partial charge in [0.15, 0.2) is 0 Å². The molecule has 0 radical (unpaired) electrons. The van der Waals surface area contributed by atoms with E-state index < -0.39 is 0 Å². The molecular weight excluding hydrogens is 180 g/mol. The maximum absolute atomic E-state index is 11.2. The van der Waals surface area contributed by atoms with Gasteiger partial charge in [-0.25, -0.2) is 0 Å². The van der Waals surface area contributed by atoms with Crippen LogP contribution in [0.3, 0.4) is 0 Å². The summed E-state index contributed by atoms with van der Waals surface area (Å²) in [6.07, 6.45) is 2.93. The minimum Gasteiger partial charge on any atom is -0.377 e. The van der Waals surface area contributed by atoms with E-state index in [9.17, 15) is 4.79 Å². The average molecular weight is 200 g/mol. The highest BCUT2D eigenvalue weighted by molar-refractivity contribution is 5.76. The van der Waals surface area contributed by atoms with Gasteiger partial charge >= 0.3 is 0 Å². The molecule has 0 spiro atoms. The molecule has 0 aromatic carbocycles. The third-order valence-electron chi connectivity index (χ3n) is 2.17.